The molecule has 1 aromatic heterocycles. The minimum Gasteiger partial charge on any atom is -0.355 e. The van der Waals surface area contributed by atoms with Crippen molar-refractivity contribution in [1.29, 1.82) is 0 Å². The fourth-order valence-corrected chi connectivity index (χ4v) is 2.60. The molecular formula is C19H29F2IN6. The van der Waals surface area contributed by atoms with Crippen LogP contribution in [0.3, 0.4) is 0 Å². The van der Waals surface area contributed by atoms with Gasteiger partial charge in [-0.25, -0.2) is 8.78 Å². The van der Waals surface area contributed by atoms with E-state index in [1.54, 1.807) is 6.33 Å². The van der Waals surface area contributed by atoms with E-state index in [4.69, 9.17) is 0 Å². The molecule has 0 radical (unpaired) electrons. The normalized spacial score (nSPS) is 12.6. The molecular weight excluding hydrogens is 477 g/mol. The number of aromatic nitrogens is 3. The molecule has 1 aromatic carbocycles. The van der Waals surface area contributed by atoms with Gasteiger partial charge in [0.1, 0.15) is 23.8 Å². The summed E-state index contributed by atoms with van der Waals surface area (Å²) in [5, 5.41) is 14.4. The van der Waals surface area contributed by atoms with Gasteiger partial charge in [-0.15, -0.1) is 34.2 Å². The summed E-state index contributed by atoms with van der Waals surface area (Å²) in [5.74, 6) is 0.746. The number of nitrogens with zero attached hydrogens (tertiary/aromatic N) is 4. The average Bonchev–Trinajstić information content (AvgIpc) is 3.06. The summed E-state index contributed by atoms with van der Waals surface area (Å²) in [6.45, 7) is 9.96. The average molecular weight is 506 g/mol. The molecule has 0 aliphatic rings. The summed E-state index contributed by atoms with van der Waals surface area (Å²) < 4.78 is 29.1. The Kier molecular flexibility index (Phi) is 10.3. The van der Waals surface area contributed by atoms with Gasteiger partial charge in [-0.05, 0) is 18.9 Å². The fraction of sp³-hybridized carbons (Fsp3) is 0.526. The highest BCUT2D eigenvalue weighted by Gasteiger charge is 2.13. The Morgan fingerprint density at radius 1 is 1.25 bits per heavy atom. The van der Waals surface area contributed by atoms with Gasteiger partial charge in [-0.3, -0.25) is 4.99 Å². The van der Waals surface area contributed by atoms with Crippen LogP contribution in [-0.2, 0) is 13.0 Å². The maximum atomic E-state index is 14.0. The van der Waals surface area contributed by atoms with Gasteiger partial charge in [0.25, 0.3) is 0 Å². The highest BCUT2D eigenvalue weighted by Crippen LogP contribution is 2.17. The van der Waals surface area contributed by atoms with Crippen molar-refractivity contribution in [2.75, 3.05) is 13.1 Å². The Morgan fingerprint density at radius 2 is 2.00 bits per heavy atom. The van der Waals surface area contributed by atoms with Crippen molar-refractivity contribution in [2.45, 2.75) is 46.7 Å². The molecule has 0 saturated carbocycles. The lowest BCUT2D eigenvalue weighted by molar-refractivity contribution is 0.548. The van der Waals surface area contributed by atoms with Gasteiger partial charge in [-0.1, -0.05) is 26.8 Å². The van der Waals surface area contributed by atoms with E-state index in [1.807, 2.05) is 18.4 Å². The summed E-state index contributed by atoms with van der Waals surface area (Å²) >= 11 is 0. The molecule has 0 bridgehead atoms. The van der Waals surface area contributed by atoms with Gasteiger partial charge >= 0.3 is 0 Å². The summed E-state index contributed by atoms with van der Waals surface area (Å²) in [5.41, 5.74) is 0.391. The predicted molar refractivity (Wildman–Crippen MR) is 118 cm³/mol. The van der Waals surface area contributed by atoms with Crippen LogP contribution in [0.5, 0.6) is 0 Å². The number of hydrogen-bond donors (Lipinski definition) is 2. The zero-order valence-electron chi connectivity index (χ0n) is 16.7. The molecule has 1 heterocycles. The molecule has 1 atom stereocenters. The van der Waals surface area contributed by atoms with Crippen molar-refractivity contribution in [3.05, 3.63) is 47.5 Å². The molecule has 28 heavy (non-hydrogen) atoms. The first-order chi connectivity index (χ1) is 12.9. The van der Waals surface area contributed by atoms with Crippen molar-refractivity contribution in [3.63, 3.8) is 0 Å². The number of nitrogens with one attached hydrogen (secondary N) is 2. The van der Waals surface area contributed by atoms with Gasteiger partial charge in [0.15, 0.2) is 5.96 Å². The first-order valence-corrected chi connectivity index (χ1v) is 9.27. The van der Waals surface area contributed by atoms with Crippen LogP contribution in [0.2, 0.25) is 0 Å². The molecule has 0 fully saturated rings. The molecule has 0 spiro atoms. The van der Waals surface area contributed by atoms with Crippen molar-refractivity contribution >= 4 is 29.9 Å². The molecule has 1 unspecified atom stereocenters. The van der Waals surface area contributed by atoms with E-state index in [-0.39, 0.29) is 30.0 Å². The fourth-order valence-electron chi connectivity index (χ4n) is 2.60. The quantitative estimate of drug-likeness (QED) is 0.326. The zero-order valence-corrected chi connectivity index (χ0v) is 19.1. The van der Waals surface area contributed by atoms with E-state index in [2.05, 4.69) is 39.7 Å². The van der Waals surface area contributed by atoms with Crippen molar-refractivity contribution in [1.82, 2.24) is 25.4 Å². The van der Waals surface area contributed by atoms with E-state index < -0.39 is 11.6 Å². The van der Waals surface area contributed by atoms with Crippen LogP contribution in [0.1, 0.15) is 45.1 Å². The molecule has 0 amide bonds. The molecule has 0 aliphatic heterocycles. The first-order valence-electron chi connectivity index (χ1n) is 9.27. The molecule has 9 heteroatoms. The molecule has 2 N–H and O–H groups in total. The van der Waals surface area contributed by atoms with Crippen LogP contribution in [0.25, 0.3) is 0 Å². The third-order valence-corrected chi connectivity index (χ3v) is 4.05. The molecule has 2 aromatic rings. The zero-order chi connectivity index (χ0) is 19.8. The predicted octanol–water partition coefficient (Wildman–Crippen LogP) is 3.69. The number of aliphatic imine (C=N–C) groups is 1. The van der Waals surface area contributed by atoms with Gasteiger partial charge in [0.05, 0.1) is 6.04 Å². The number of halogens is 3. The number of guanidine groups is 1. The number of benzene rings is 1. The Morgan fingerprint density at radius 3 is 2.64 bits per heavy atom. The molecule has 2 rings (SSSR count). The number of aryl methyl sites for hydroxylation is 1. The lowest BCUT2D eigenvalue weighted by atomic mass is 10.1. The Balaban J connectivity index is 0.00000392. The number of hydrogen-bond acceptors (Lipinski definition) is 3. The lowest BCUT2D eigenvalue weighted by Crippen LogP contribution is -2.40. The third-order valence-electron chi connectivity index (χ3n) is 4.05. The minimum atomic E-state index is -0.587. The van der Waals surface area contributed by atoms with Crippen LogP contribution in [-0.4, -0.2) is 33.8 Å². The monoisotopic (exact) mass is 506 g/mol. The van der Waals surface area contributed by atoms with E-state index >= 15 is 0 Å². The SMILES string of the molecule is CCc1nncn1CCNC(=NCC(C)C)NC(C)c1ccc(F)cc1F.I. The van der Waals surface area contributed by atoms with Crippen LogP contribution >= 0.6 is 24.0 Å². The van der Waals surface area contributed by atoms with E-state index in [0.29, 0.717) is 37.1 Å². The van der Waals surface area contributed by atoms with Crippen molar-refractivity contribution < 1.29 is 8.78 Å². The minimum absolute atomic E-state index is 0. The summed E-state index contributed by atoms with van der Waals surface area (Å²) in [4.78, 5) is 4.55. The second-order valence-electron chi connectivity index (χ2n) is 6.84. The van der Waals surface area contributed by atoms with Gasteiger partial charge in [0, 0.05) is 37.7 Å². The van der Waals surface area contributed by atoms with Gasteiger partial charge < -0.3 is 15.2 Å². The number of rotatable bonds is 8. The van der Waals surface area contributed by atoms with E-state index in [0.717, 1.165) is 18.3 Å². The third kappa shape index (κ3) is 7.33. The second-order valence-corrected chi connectivity index (χ2v) is 6.84. The van der Waals surface area contributed by atoms with Crippen LogP contribution in [0.15, 0.2) is 29.5 Å². The molecule has 0 aliphatic carbocycles. The van der Waals surface area contributed by atoms with Gasteiger partial charge in [0.2, 0.25) is 0 Å². The summed E-state index contributed by atoms with van der Waals surface area (Å²) in [6, 6.07) is 3.25. The smallest absolute Gasteiger partial charge is 0.191 e. The standard InChI is InChI=1S/C19H28F2N6.HI/c1-5-18-26-24-12-27(18)9-8-22-19(23-11-13(2)3)25-14(4)16-7-6-15(20)10-17(16)21;/h6-7,10,12-14H,5,8-9,11H2,1-4H3,(H2,22,23,25);1H. The lowest BCUT2D eigenvalue weighted by Gasteiger charge is -2.20. The molecule has 0 saturated heterocycles. The first kappa shape index (κ1) is 24.3. The Labute approximate surface area is 182 Å². The second kappa shape index (κ2) is 11.9. The Hall–Kier alpha value is -1.78. The van der Waals surface area contributed by atoms with Crippen LogP contribution in [0, 0.1) is 17.6 Å². The van der Waals surface area contributed by atoms with Crippen LogP contribution in [0.4, 0.5) is 8.78 Å². The van der Waals surface area contributed by atoms with E-state index in [9.17, 15) is 8.78 Å². The maximum absolute atomic E-state index is 14.0. The van der Waals surface area contributed by atoms with Crippen molar-refractivity contribution in [3.8, 4) is 0 Å². The van der Waals surface area contributed by atoms with Crippen molar-refractivity contribution in [2.24, 2.45) is 10.9 Å². The highest BCUT2D eigenvalue weighted by atomic mass is 127. The highest BCUT2D eigenvalue weighted by molar-refractivity contribution is 14.0. The van der Waals surface area contributed by atoms with Gasteiger partial charge in [-0.2, -0.15) is 0 Å². The topological polar surface area (TPSA) is 67.1 Å². The largest absolute Gasteiger partial charge is 0.355 e. The molecule has 156 valence electrons. The maximum Gasteiger partial charge on any atom is 0.191 e. The van der Waals surface area contributed by atoms with Crippen LogP contribution < -0.4 is 10.6 Å². The van der Waals surface area contributed by atoms with E-state index in [1.165, 1.54) is 12.1 Å². The molecule has 6 nitrogen and oxygen atoms in total. The summed E-state index contributed by atoms with van der Waals surface area (Å²) in [7, 11) is 0. The Bertz CT molecular complexity index is 763. The summed E-state index contributed by atoms with van der Waals surface area (Å²) in [6.07, 6.45) is 2.52.